The van der Waals surface area contributed by atoms with E-state index in [1.165, 1.54) is 6.66 Å². The van der Waals surface area contributed by atoms with Crippen molar-refractivity contribution in [2.45, 2.75) is 63.9 Å². The molecule has 0 aromatic rings. The average Bonchev–Trinajstić information content (AvgIpc) is 2.33. The third kappa shape index (κ3) is 8.89. The fourth-order valence-corrected chi connectivity index (χ4v) is 4.23. The second-order valence-corrected chi connectivity index (χ2v) is 8.11. The molecular weight excluding hydrogens is 295 g/mol. The van der Waals surface area contributed by atoms with Crippen molar-refractivity contribution in [3.63, 3.8) is 0 Å². The van der Waals surface area contributed by atoms with Gasteiger partial charge in [-0.15, -0.1) is 0 Å². The van der Waals surface area contributed by atoms with Crippen LogP contribution in [0.3, 0.4) is 0 Å². The Hall–Kier alpha value is -0.870. The van der Waals surface area contributed by atoms with Crippen molar-refractivity contribution in [1.82, 2.24) is 0 Å². The molecule has 124 valence electrons. The summed E-state index contributed by atoms with van der Waals surface area (Å²) < 4.78 is 11.8. The largest absolute Gasteiger partial charge is 0.481 e. The molecule has 0 amide bonds. The quantitative estimate of drug-likeness (QED) is 0.376. The number of hydrogen-bond donors (Lipinski definition) is 3. The third-order valence-corrected chi connectivity index (χ3v) is 5.68. The standard InChI is InChI=1S/C14H27O6P/c1-3-12(21(2,19)20)11(14(17)18)9-7-5-4-6-8-10-13(15)16/h11-12H,3-10H2,1-2H3,(H,15,16)(H,17,18)(H,19,20). The summed E-state index contributed by atoms with van der Waals surface area (Å²) in [6.45, 7) is 2.96. The molecule has 0 fully saturated rings. The zero-order valence-electron chi connectivity index (χ0n) is 12.8. The van der Waals surface area contributed by atoms with Gasteiger partial charge in [-0.25, -0.2) is 0 Å². The van der Waals surface area contributed by atoms with Crippen molar-refractivity contribution in [2.75, 3.05) is 6.66 Å². The van der Waals surface area contributed by atoms with Crippen LogP contribution in [-0.2, 0) is 14.2 Å². The molecule has 0 aliphatic rings. The minimum Gasteiger partial charge on any atom is -0.481 e. The molecule has 0 heterocycles. The Morgan fingerprint density at radius 1 is 1.05 bits per heavy atom. The van der Waals surface area contributed by atoms with Crippen LogP contribution in [0.15, 0.2) is 0 Å². The molecule has 21 heavy (non-hydrogen) atoms. The highest BCUT2D eigenvalue weighted by Crippen LogP contribution is 2.48. The van der Waals surface area contributed by atoms with Gasteiger partial charge in [0.25, 0.3) is 0 Å². The van der Waals surface area contributed by atoms with E-state index in [9.17, 15) is 24.2 Å². The molecular formula is C14H27O6P. The Balaban J connectivity index is 4.15. The predicted molar refractivity (Wildman–Crippen MR) is 80.9 cm³/mol. The molecule has 0 saturated carbocycles. The molecule has 0 aromatic heterocycles. The van der Waals surface area contributed by atoms with Gasteiger partial charge in [0.2, 0.25) is 7.37 Å². The van der Waals surface area contributed by atoms with Gasteiger partial charge in [-0.1, -0.05) is 32.6 Å². The van der Waals surface area contributed by atoms with Crippen molar-refractivity contribution in [2.24, 2.45) is 5.92 Å². The average molecular weight is 322 g/mol. The van der Waals surface area contributed by atoms with E-state index in [1.54, 1.807) is 6.92 Å². The van der Waals surface area contributed by atoms with Gasteiger partial charge in [0, 0.05) is 18.7 Å². The molecule has 3 N–H and O–H groups in total. The Morgan fingerprint density at radius 3 is 2.00 bits per heavy atom. The van der Waals surface area contributed by atoms with Crippen molar-refractivity contribution >= 4 is 19.3 Å². The number of carboxylic acids is 2. The van der Waals surface area contributed by atoms with Crippen LogP contribution in [0.5, 0.6) is 0 Å². The van der Waals surface area contributed by atoms with Gasteiger partial charge in [0.05, 0.1) is 5.92 Å². The fraction of sp³-hybridized carbons (Fsp3) is 0.857. The predicted octanol–water partition coefficient (Wildman–Crippen LogP) is 3.18. The van der Waals surface area contributed by atoms with E-state index in [1.807, 2.05) is 0 Å². The highest BCUT2D eigenvalue weighted by atomic mass is 31.2. The summed E-state index contributed by atoms with van der Waals surface area (Å²) in [6.07, 6.45) is 4.74. The molecule has 0 aliphatic carbocycles. The highest BCUT2D eigenvalue weighted by molar-refractivity contribution is 7.58. The molecule has 0 saturated heterocycles. The van der Waals surface area contributed by atoms with Crippen LogP contribution in [0.4, 0.5) is 0 Å². The maximum atomic E-state index is 11.8. The van der Waals surface area contributed by atoms with Gasteiger partial charge in [-0.05, 0) is 19.3 Å². The maximum Gasteiger partial charge on any atom is 0.307 e. The summed E-state index contributed by atoms with van der Waals surface area (Å²) in [5, 5.41) is 17.7. The first kappa shape index (κ1) is 20.1. The zero-order valence-corrected chi connectivity index (χ0v) is 13.7. The molecule has 0 bridgehead atoms. The molecule has 0 rings (SSSR count). The Labute approximate surface area is 126 Å². The third-order valence-electron chi connectivity index (χ3n) is 3.72. The van der Waals surface area contributed by atoms with Crippen molar-refractivity contribution < 1.29 is 29.3 Å². The van der Waals surface area contributed by atoms with Gasteiger partial charge >= 0.3 is 11.9 Å². The second-order valence-electron chi connectivity index (χ2n) is 5.56. The lowest BCUT2D eigenvalue weighted by atomic mass is 9.95. The second kappa shape index (κ2) is 9.96. The van der Waals surface area contributed by atoms with E-state index in [4.69, 9.17) is 5.11 Å². The van der Waals surface area contributed by atoms with E-state index in [0.29, 0.717) is 25.7 Å². The van der Waals surface area contributed by atoms with E-state index in [-0.39, 0.29) is 6.42 Å². The molecule has 3 atom stereocenters. The summed E-state index contributed by atoms with van der Waals surface area (Å²) in [6, 6.07) is 0. The minimum absolute atomic E-state index is 0.166. The minimum atomic E-state index is -3.41. The fourth-order valence-electron chi connectivity index (χ4n) is 2.61. The van der Waals surface area contributed by atoms with Gasteiger partial charge in [-0.2, -0.15) is 0 Å². The smallest absolute Gasteiger partial charge is 0.307 e. The van der Waals surface area contributed by atoms with Crippen molar-refractivity contribution in [3.05, 3.63) is 0 Å². The first-order valence-electron chi connectivity index (χ1n) is 7.44. The lowest BCUT2D eigenvalue weighted by Crippen LogP contribution is -2.27. The van der Waals surface area contributed by atoms with Crippen LogP contribution in [0, 0.1) is 5.92 Å². The van der Waals surface area contributed by atoms with Crippen LogP contribution in [0.25, 0.3) is 0 Å². The monoisotopic (exact) mass is 322 g/mol. The van der Waals surface area contributed by atoms with Crippen LogP contribution < -0.4 is 0 Å². The van der Waals surface area contributed by atoms with E-state index in [2.05, 4.69) is 0 Å². The topological polar surface area (TPSA) is 112 Å². The SMILES string of the molecule is CCC(C(CCCCCCCC(=O)O)C(=O)O)P(C)(=O)O. The van der Waals surface area contributed by atoms with Crippen molar-refractivity contribution in [1.29, 1.82) is 0 Å². The summed E-state index contributed by atoms with van der Waals surface area (Å²) >= 11 is 0. The number of unbranched alkanes of at least 4 members (excludes halogenated alkanes) is 4. The molecule has 7 heteroatoms. The molecule has 0 aliphatic heterocycles. The van der Waals surface area contributed by atoms with Crippen LogP contribution in [0.1, 0.15) is 58.3 Å². The first-order valence-corrected chi connectivity index (χ1v) is 9.62. The van der Waals surface area contributed by atoms with Crippen molar-refractivity contribution in [3.8, 4) is 0 Å². The molecule has 3 unspecified atom stereocenters. The lowest BCUT2D eigenvalue weighted by molar-refractivity contribution is -0.142. The normalized spacial score (nSPS) is 16.9. The molecule has 6 nitrogen and oxygen atoms in total. The van der Waals surface area contributed by atoms with Crippen LogP contribution in [-0.4, -0.2) is 39.4 Å². The number of aliphatic carboxylic acids is 2. The molecule has 0 radical (unpaired) electrons. The van der Waals surface area contributed by atoms with Gasteiger partial charge < -0.3 is 15.1 Å². The summed E-state index contributed by atoms with van der Waals surface area (Å²) in [4.78, 5) is 31.3. The van der Waals surface area contributed by atoms with E-state index in [0.717, 1.165) is 19.3 Å². The Kier molecular flexibility index (Phi) is 9.54. The number of hydrogen-bond acceptors (Lipinski definition) is 3. The number of rotatable bonds is 12. The summed E-state index contributed by atoms with van der Waals surface area (Å²) in [5.74, 6) is -2.59. The maximum absolute atomic E-state index is 11.8. The molecule has 0 aromatic carbocycles. The zero-order chi connectivity index (χ0) is 16.5. The number of carbonyl (C=O) groups is 2. The van der Waals surface area contributed by atoms with Crippen LogP contribution >= 0.6 is 7.37 Å². The Bertz CT molecular complexity index is 376. The Morgan fingerprint density at radius 2 is 1.57 bits per heavy atom. The number of carboxylic acid groups (broad SMARTS) is 2. The highest BCUT2D eigenvalue weighted by Gasteiger charge is 2.36. The van der Waals surface area contributed by atoms with Crippen LogP contribution in [0.2, 0.25) is 0 Å². The van der Waals surface area contributed by atoms with E-state index >= 15 is 0 Å². The summed E-state index contributed by atoms with van der Waals surface area (Å²) in [5.41, 5.74) is -0.693. The van der Waals surface area contributed by atoms with Gasteiger partial charge in [-0.3, -0.25) is 14.2 Å². The molecule has 0 spiro atoms. The van der Waals surface area contributed by atoms with E-state index < -0.39 is 30.9 Å². The lowest BCUT2D eigenvalue weighted by Gasteiger charge is -2.25. The van der Waals surface area contributed by atoms with Gasteiger partial charge in [0.1, 0.15) is 0 Å². The first-order chi connectivity index (χ1) is 9.70. The van der Waals surface area contributed by atoms with Gasteiger partial charge in [0.15, 0.2) is 0 Å². The summed E-state index contributed by atoms with van der Waals surface area (Å²) in [7, 11) is -3.41.